The summed E-state index contributed by atoms with van der Waals surface area (Å²) in [6.07, 6.45) is 1.54. The molecule has 0 heterocycles. The molecule has 3 nitrogen and oxygen atoms in total. The van der Waals surface area contributed by atoms with Crippen LogP contribution >= 0.6 is 0 Å². The van der Waals surface area contributed by atoms with E-state index in [-0.39, 0.29) is 43.8 Å². The first-order valence-electron chi connectivity index (χ1n) is 4.80. The molecule has 0 aliphatic heterocycles. The summed E-state index contributed by atoms with van der Waals surface area (Å²) < 4.78 is 5.00. The van der Waals surface area contributed by atoms with Gasteiger partial charge in [-0.2, -0.15) is 0 Å². The fourth-order valence-corrected chi connectivity index (χ4v) is 0.940. The Bertz CT molecular complexity index is 224. The van der Waals surface area contributed by atoms with Gasteiger partial charge in [0, 0.05) is 44.8 Å². The second-order valence-corrected chi connectivity index (χ2v) is 4.32. The predicted molar refractivity (Wildman–Crippen MR) is 56.3 cm³/mol. The van der Waals surface area contributed by atoms with Gasteiger partial charge in [-0.3, -0.25) is 4.79 Å². The third-order valence-electron chi connectivity index (χ3n) is 2.00. The Morgan fingerprint density at radius 1 is 1.47 bits per heavy atom. The van der Waals surface area contributed by atoms with Gasteiger partial charge in [0.25, 0.3) is 0 Å². The minimum Gasteiger partial charge on any atom is -0.509 e. The summed E-state index contributed by atoms with van der Waals surface area (Å²) in [5.41, 5.74) is -0.458. The van der Waals surface area contributed by atoms with E-state index in [1.54, 1.807) is 0 Å². The van der Waals surface area contributed by atoms with Gasteiger partial charge >= 0.3 is 0 Å². The molecule has 0 saturated heterocycles. The quantitative estimate of drug-likeness (QED) is 0.639. The largest absolute Gasteiger partial charge is 0.509 e. The number of hydrogen-bond donors (Lipinski definition) is 1. The van der Waals surface area contributed by atoms with E-state index in [4.69, 9.17) is 4.74 Å². The molecule has 0 amide bonds. The van der Waals surface area contributed by atoms with E-state index in [9.17, 15) is 9.90 Å². The van der Waals surface area contributed by atoms with Crippen LogP contribution in [-0.4, -0.2) is 24.1 Å². The molecular formula is C11H20O3Zr. The van der Waals surface area contributed by atoms with Gasteiger partial charge < -0.3 is 9.84 Å². The first-order valence-corrected chi connectivity index (χ1v) is 4.80. The molecule has 4 heteroatoms. The van der Waals surface area contributed by atoms with Gasteiger partial charge in [0.2, 0.25) is 0 Å². The van der Waals surface area contributed by atoms with Crippen molar-refractivity contribution in [1.82, 2.24) is 0 Å². The number of hydrogen-bond acceptors (Lipinski definition) is 3. The van der Waals surface area contributed by atoms with Crippen molar-refractivity contribution in [3.8, 4) is 0 Å². The number of aliphatic hydroxyl groups excluding tert-OH is 1. The van der Waals surface area contributed by atoms with Gasteiger partial charge in [0.15, 0.2) is 5.78 Å². The van der Waals surface area contributed by atoms with E-state index < -0.39 is 5.41 Å². The van der Waals surface area contributed by atoms with Crippen LogP contribution < -0.4 is 0 Å². The van der Waals surface area contributed by atoms with Crippen molar-refractivity contribution in [2.75, 3.05) is 7.11 Å². The van der Waals surface area contributed by atoms with Crippen LogP contribution in [-0.2, 0) is 35.7 Å². The fraction of sp³-hybridized carbons (Fsp3) is 0.727. The molecule has 0 aromatic rings. The van der Waals surface area contributed by atoms with Crippen LogP contribution in [0.2, 0.25) is 0 Å². The molecule has 1 N–H and O–H groups in total. The molecule has 0 spiro atoms. The third kappa shape index (κ3) is 6.26. The zero-order chi connectivity index (χ0) is 11.4. The van der Waals surface area contributed by atoms with Gasteiger partial charge in [-0.15, -0.1) is 0 Å². The summed E-state index contributed by atoms with van der Waals surface area (Å²) in [6.45, 7) is 7.33. The summed E-state index contributed by atoms with van der Waals surface area (Å²) >= 11 is 0. The summed E-state index contributed by atoms with van der Waals surface area (Å²) in [7, 11) is 1.51. The molecule has 0 saturated carbocycles. The number of methoxy groups -OCH3 is 1. The molecule has 86 valence electrons. The Labute approximate surface area is 111 Å². The first kappa shape index (κ1) is 17.4. The van der Waals surface area contributed by atoms with E-state index >= 15 is 0 Å². The number of rotatable bonds is 4. The molecule has 0 fully saturated rings. The van der Waals surface area contributed by atoms with Crippen LogP contribution in [0.15, 0.2) is 11.8 Å². The molecule has 15 heavy (non-hydrogen) atoms. The molecule has 0 radical (unpaired) electrons. The van der Waals surface area contributed by atoms with Crippen molar-refractivity contribution >= 4 is 5.78 Å². The van der Waals surface area contributed by atoms with Crippen LogP contribution in [0, 0.1) is 5.41 Å². The van der Waals surface area contributed by atoms with Gasteiger partial charge in [0.1, 0.15) is 11.9 Å². The van der Waals surface area contributed by atoms with Gasteiger partial charge in [-0.25, -0.2) is 0 Å². The fourth-order valence-electron chi connectivity index (χ4n) is 0.940. The van der Waals surface area contributed by atoms with E-state index in [1.807, 2.05) is 27.7 Å². The maximum Gasteiger partial charge on any atom is 0.164 e. The Morgan fingerprint density at radius 2 is 1.93 bits per heavy atom. The number of aliphatic hydroxyl groups is 1. The average Bonchev–Trinajstić information content (AvgIpc) is 2.04. The number of allylic oxidation sites excluding steroid dienone is 1. The molecule has 0 aliphatic carbocycles. The summed E-state index contributed by atoms with van der Waals surface area (Å²) in [4.78, 5) is 11.5. The molecular weight excluding hydrogens is 271 g/mol. The SMILES string of the molecule is CCC(OC)/C(O)=C/C(=O)C(C)(C)C.[Zr]. The van der Waals surface area contributed by atoms with Crippen molar-refractivity contribution in [2.24, 2.45) is 5.41 Å². The number of carbonyl (C=O) groups excluding carboxylic acids is 1. The van der Waals surface area contributed by atoms with E-state index in [1.165, 1.54) is 13.2 Å². The number of carbonyl (C=O) groups is 1. The summed E-state index contributed by atoms with van der Waals surface area (Å²) in [5.74, 6) is -0.0829. The van der Waals surface area contributed by atoms with Crippen LogP contribution in [0.25, 0.3) is 0 Å². The topological polar surface area (TPSA) is 46.5 Å². The minimum absolute atomic E-state index is 0. The van der Waals surface area contributed by atoms with Crippen molar-refractivity contribution in [3.63, 3.8) is 0 Å². The molecule has 0 bridgehead atoms. The van der Waals surface area contributed by atoms with Crippen molar-refractivity contribution < 1.29 is 40.8 Å². The first-order chi connectivity index (χ1) is 6.32. The van der Waals surface area contributed by atoms with Gasteiger partial charge in [-0.05, 0) is 6.42 Å². The smallest absolute Gasteiger partial charge is 0.164 e. The van der Waals surface area contributed by atoms with Gasteiger partial charge in [-0.1, -0.05) is 27.7 Å². The van der Waals surface area contributed by atoms with Gasteiger partial charge in [0.05, 0.1) is 0 Å². The predicted octanol–water partition coefficient (Wildman–Crippen LogP) is 2.47. The van der Waals surface area contributed by atoms with Crippen LogP contribution in [0.3, 0.4) is 0 Å². The number of ether oxygens (including phenoxy) is 1. The van der Waals surface area contributed by atoms with Crippen molar-refractivity contribution in [3.05, 3.63) is 11.8 Å². The second kappa shape index (κ2) is 7.35. The molecule has 0 aromatic carbocycles. The molecule has 0 aromatic heterocycles. The molecule has 1 unspecified atom stereocenters. The zero-order valence-corrected chi connectivity index (χ0v) is 12.6. The van der Waals surface area contributed by atoms with Crippen molar-refractivity contribution in [1.29, 1.82) is 0 Å². The van der Waals surface area contributed by atoms with E-state index in [2.05, 4.69) is 0 Å². The Morgan fingerprint density at radius 3 is 2.20 bits per heavy atom. The minimum atomic E-state index is -0.458. The average molecular weight is 292 g/mol. The second-order valence-electron chi connectivity index (χ2n) is 4.32. The third-order valence-corrected chi connectivity index (χ3v) is 2.00. The number of ketones is 1. The molecule has 0 rings (SSSR count). The standard InChI is InChI=1S/C11H20O3.Zr/c1-6-9(14-5)8(12)7-10(13)11(2,3)4;/h7,9,12H,6H2,1-5H3;/b8-7-;. The van der Waals surface area contributed by atoms with Crippen LogP contribution in [0.4, 0.5) is 0 Å². The maximum atomic E-state index is 11.5. The zero-order valence-electron chi connectivity index (χ0n) is 10.1. The maximum absolute atomic E-state index is 11.5. The monoisotopic (exact) mass is 290 g/mol. The summed E-state index contributed by atoms with van der Waals surface area (Å²) in [6, 6.07) is 0. The van der Waals surface area contributed by atoms with Crippen LogP contribution in [0.1, 0.15) is 34.1 Å². The van der Waals surface area contributed by atoms with E-state index in [0.29, 0.717) is 6.42 Å². The Hall–Kier alpha value is 0.0531. The Balaban J connectivity index is 0. The molecule has 0 aliphatic rings. The normalized spacial score (nSPS) is 14.3. The van der Waals surface area contributed by atoms with E-state index in [0.717, 1.165) is 0 Å². The van der Waals surface area contributed by atoms with Crippen molar-refractivity contribution in [2.45, 2.75) is 40.2 Å². The Kier molecular flexibility index (Phi) is 8.55. The summed E-state index contributed by atoms with van der Waals surface area (Å²) in [5, 5.41) is 9.56. The van der Waals surface area contributed by atoms with Crippen LogP contribution in [0.5, 0.6) is 0 Å². The molecule has 1 atom stereocenters.